The first kappa shape index (κ1) is 19.3. The number of rotatable bonds is 3. The van der Waals surface area contributed by atoms with E-state index in [4.69, 9.17) is 18.9 Å². The van der Waals surface area contributed by atoms with Gasteiger partial charge in [-0.3, -0.25) is 0 Å². The van der Waals surface area contributed by atoms with Crippen molar-refractivity contribution in [2.45, 2.75) is 52.2 Å². The Morgan fingerprint density at radius 2 is 1.70 bits per heavy atom. The van der Waals surface area contributed by atoms with E-state index in [0.717, 1.165) is 11.9 Å². The van der Waals surface area contributed by atoms with Crippen LogP contribution in [0.2, 0.25) is 0 Å². The third-order valence-electron chi connectivity index (χ3n) is 4.08. The molecular formula is C17H22BFO4. The van der Waals surface area contributed by atoms with Crippen LogP contribution in [0.25, 0.3) is 6.08 Å². The van der Waals surface area contributed by atoms with E-state index in [2.05, 4.69) is 0 Å². The summed E-state index contributed by atoms with van der Waals surface area (Å²) in [5, 5.41) is 0. The predicted molar refractivity (Wildman–Crippen MR) is 86.4 cm³/mol. The first-order chi connectivity index (χ1) is 10.7. The van der Waals surface area contributed by atoms with Gasteiger partial charge in [-0.25, -0.2) is 4.39 Å². The Bertz CT molecular complexity index is 589. The minimum absolute atomic E-state index is 0.248. The van der Waals surface area contributed by atoms with Gasteiger partial charge in [0.1, 0.15) is 5.82 Å². The topological polar surface area (TPSA) is 52.6 Å². The Labute approximate surface area is 136 Å². The van der Waals surface area contributed by atoms with Gasteiger partial charge in [-0.1, -0.05) is 31.2 Å². The molecule has 1 fully saturated rings. The standard InChI is InChI=1S/C16H22BFO2.CO2/c1-6-7-8-12-9-10-13(11-14(12)18)17-19-15(2,3)16(4,5)20-17;2-1-3/h7-11H,6H2,1-5H3;/b8-7+;. The fourth-order valence-electron chi connectivity index (χ4n) is 2.05. The van der Waals surface area contributed by atoms with Crippen LogP contribution >= 0.6 is 0 Å². The number of carbonyl (C=O) groups excluding carboxylic acids is 2. The summed E-state index contributed by atoms with van der Waals surface area (Å²) in [5.41, 5.74) is 0.492. The molecule has 0 N–H and O–H groups in total. The molecule has 0 spiro atoms. The second kappa shape index (κ2) is 7.69. The van der Waals surface area contributed by atoms with E-state index in [-0.39, 0.29) is 12.0 Å². The Morgan fingerprint density at radius 3 is 2.13 bits per heavy atom. The van der Waals surface area contributed by atoms with Gasteiger partial charge < -0.3 is 9.31 Å². The quantitative estimate of drug-likeness (QED) is 0.804. The lowest BCUT2D eigenvalue weighted by molar-refractivity contribution is -0.191. The maximum Gasteiger partial charge on any atom is 0.494 e. The van der Waals surface area contributed by atoms with Crippen molar-refractivity contribution in [1.29, 1.82) is 0 Å². The molecule has 0 aromatic heterocycles. The van der Waals surface area contributed by atoms with Crippen molar-refractivity contribution in [2.24, 2.45) is 0 Å². The van der Waals surface area contributed by atoms with E-state index in [1.165, 1.54) is 6.07 Å². The van der Waals surface area contributed by atoms with E-state index in [0.29, 0.717) is 5.56 Å². The lowest BCUT2D eigenvalue weighted by Crippen LogP contribution is -2.41. The van der Waals surface area contributed by atoms with Gasteiger partial charge in [0.05, 0.1) is 11.2 Å². The summed E-state index contributed by atoms with van der Waals surface area (Å²) >= 11 is 0. The highest BCUT2D eigenvalue weighted by Gasteiger charge is 2.51. The predicted octanol–water partition coefficient (Wildman–Crippen LogP) is 2.96. The van der Waals surface area contributed by atoms with Crippen molar-refractivity contribution >= 4 is 24.8 Å². The number of halogens is 1. The summed E-state index contributed by atoms with van der Waals surface area (Å²) in [6, 6.07) is 5.12. The van der Waals surface area contributed by atoms with Gasteiger partial charge in [0, 0.05) is 5.56 Å². The van der Waals surface area contributed by atoms with Crippen LogP contribution in [0.5, 0.6) is 0 Å². The maximum absolute atomic E-state index is 14.0. The van der Waals surface area contributed by atoms with Crippen molar-refractivity contribution in [3.8, 4) is 0 Å². The van der Waals surface area contributed by atoms with E-state index < -0.39 is 18.3 Å². The van der Waals surface area contributed by atoms with Gasteiger partial charge in [0.25, 0.3) is 0 Å². The molecule has 6 heteroatoms. The summed E-state index contributed by atoms with van der Waals surface area (Å²) < 4.78 is 25.9. The highest BCUT2D eigenvalue weighted by Crippen LogP contribution is 2.36. The molecule has 0 bridgehead atoms. The minimum Gasteiger partial charge on any atom is -0.399 e. The van der Waals surface area contributed by atoms with Gasteiger partial charge in [-0.05, 0) is 45.6 Å². The Balaban J connectivity index is 0.000000816. The normalized spacial score (nSPS) is 18.4. The molecule has 0 saturated carbocycles. The zero-order valence-corrected chi connectivity index (χ0v) is 14.2. The molecule has 1 heterocycles. The lowest BCUT2D eigenvalue weighted by atomic mass is 9.78. The molecule has 0 atom stereocenters. The third-order valence-corrected chi connectivity index (χ3v) is 4.08. The van der Waals surface area contributed by atoms with Crippen LogP contribution in [-0.2, 0) is 18.9 Å². The van der Waals surface area contributed by atoms with Crippen molar-refractivity contribution in [1.82, 2.24) is 0 Å². The van der Waals surface area contributed by atoms with Crippen LogP contribution in [-0.4, -0.2) is 24.5 Å². The summed E-state index contributed by atoms with van der Waals surface area (Å²) in [7, 11) is -0.515. The lowest BCUT2D eigenvalue weighted by Gasteiger charge is -2.32. The van der Waals surface area contributed by atoms with E-state index in [1.807, 2.05) is 46.8 Å². The zero-order chi connectivity index (χ0) is 17.7. The van der Waals surface area contributed by atoms with Crippen molar-refractivity contribution < 1.29 is 23.3 Å². The molecule has 0 aliphatic carbocycles. The monoisotopic (exact) mass is 320 g/mol. The molecule has 2 rings (SSSR count). The molecule has 1 aromatic carbocycles. The van der Waals surface area contributed by atoms with Crippen LogP contribution in [0.4, 0.5) is 4.39 Å². The van der Waals surface area contributed by atoms with Gasteiger partial charge in [-0.2, -0.15) is 9.59 Å². The Morgan fingerprint density at radius 1 is 1.17 bits per heavy atom. The first-order valence-electron chi connectivity index (χ1n) is 7.49. The van der Waals surface area contributed by atoms with Gasteiger partial charge in [0.2, 0.25) is 0 Å². The van der Waals surface area contributed by atoms with E-state index in [1.54, 1.807) is 12.1 Å². The van der Waals surface area contributed by atoms with Gasteiger partial charge >= 0.3 is 13.3 Å². The van der Waals surface area contributed by atoms with Gasteiger partial charge in [0.15, 0.2) is 0 Å². The number of hydrogen-bond acceptors (Lipinski definition) is 4. The molecule has 0 unspecified atom stereocenters. The Hall–Kier alpha value is -1.75. The van der Waals surface area contributed by atoms with Crippen LogP contribution in [0.15, 0.2) is 24.3 Å². The second-order valence-electron chi connectivity index (χ2n) is 6.26. The fourth-order valence-corrected chi connectivity index (χ4v) is 2.05. The fraction of sp³-hybridized carbons (Fsp3) is 0.471. The average molecular weight is 320 g/mol. The SMILES string of the molecule is CC/C=C/c1ccc(B2OC(C)(C)C(C)(C)O2)cc1F.O=C=O. The third kappa shape index (κ3) is 4.61. The smallest absolute Gasteiger partial charge is 0.399 e. The van der Waals surface area contributed by atoms with E-state index >= 15 is 0 Å². The highest BCUT2D eigenvalue weighted by molar-refractivity contribution is 6.62. The molecule has 4 nitrogen and oxygen atoms in total. The molecule has 0 amide bonds. The summed E-state index contributed by atoms with van der Waals surface area (Å²) in [5.74, 6) is -0.248. The second-order valence-corrected chi connectivity index (χ2v) is 6.26. The minimum atomic E-state index is -0.515. The average Bonchev–Trinajstić information content (AvgIpc) is 2.67. The van der Waals surface area contributed by atoms with Gasteiger partial charge in [-0.15, -0.1) is 0 Å². The largest absolute Gasteiger partial charge is 0.494 e. The molecule has 1 aromatic rings. The van der Waals surface area contributed by atoms with E-state index in [9.17, 15) is 4.39 Å². The van der Waals surface area contributed by atoms with Crippen LogP contribution in [0, 0.1) is 5.82 Å². The Kier molecular flexibility index (Phi) is 6.45. The molecule has 1 aliphatic heterocycles. The van der Waals surface area contributed by atoms with Crippen LogP contribution in [0.3, 0.4) is 0 Å². The number of hydrogen-bond donors (Lipinski definition) is 0. The van der Waals surface area contributed by atoms with Crippen molar-refractivity contribution in [3.63, 3.8) is 0 Å². The molecular weight excluding hydrogens is 298 g/mol. The summed E-state index contributed by atoms with van der Waals surface area (Å²) in [6.07, 6.45) is 4.87. The molecule has 1 aliphatic rings. The molecule has 124 valence electrons. The first-order valence-corrected chi connectivity index (χ1v) is 7.49. The summed E-state index contributed by atoms with van der Waals surface area (Å²) in [4.78, 5) is 16.2. The van der Waals surface area contributed by atoms with Crippen molar-refractivity contribution in [3.05, 3.63) is 35.7 Å². The van der Waals surface area contributed by atoms with Crippen molar-refractivity contribution in [2.75, 3.05) is 0 Å². The zero-order valence-electron chi connectivity index (χ0n) is 14.2. The maximum atomic E-state index is 14.0. The highest BCUT2D eigenvalue weighted by atomic mass is 19.1. The number of allylic oxidation sites excluding steroid dienone is 1. The number of benzene rings is 1. The molecule has 0 radical (unpaired) electrons. The van der Waals surface area contributed by atoms with Crippen LogP contribution in [0.1, 0.15) is 46.6 Å². The molecule has 1 saturated heterocycles. The molecule has 23 heavy (non-hydrogen) atoms. The summed E-state index contributed by atoms with van der Waals surface area (Å²) in [6.45, 7) is 9.97. The van der Waals surface area contributed by atoms with Crippen LogP contribution < -0.4 is 5.46 Å².